The van der Waals surface area contributed by atoms with Gasteiger partial charge in [0, 0.05) is 6.07 Å². The SMILES string of the molecule is Cc1cccc(OCc2nc(Cl)cc(C(=O)O)n2)c1C. The molecule has 0 amide bonds. The summed E-state index contributed by atoms with van der Waals surface area (Å²) < 4.78 is 5.62. The molecule has 104 valence electrons. The van der Waals surface area contributed by atoms with Crippen LogP contribution < -0.4 is 4.74 Å². The number of rotatable bonds is 4. The van der Waals surface area contributed by atoms with Crippen molar-refractivity contribution in [3.8, 4) is 5.75 Å². The van der Waals surface area contributed by atoms with E-state index in [9.17, 15) is 4.79 Å². The zero-order valence-electron chi connectivity index (χ0n) is 11.1. The Hall–Kier alpha value is -2.14. The van der Waals surface area contributed by atoms with Crippen LogP contribution in [-0.4, -0.2) is 21.0 Å². The molecular formula is C14H13ClN2O3. The maximum Gasteiger partial charge on any atom is 0.354 e. The van der Waals surface area contributed by atoms with Crippen molar-refractivity contribution in [2.24, 2.45) is 0 Å². The fraction of sp³-hybridized carbons (Fsp3) is 0.214. The number of hydrogen-bond acceptors (Lipinski definition) is 4. The molecule has 0 unspecified atom stereocenters. The Bertz CT molecular complexity index is 659. The van der Waals surface area contributed by atoms with Gasteiger partial charge in [0.05, 0.1) is 0 Å². The van der Waals surface area contributed by atoms with Crippen LogP contribution in [0, 0.1) is 13.8 Å². The van der Waals surface area contributed by atoms with Gasteiger partial charge in [-0.1, -0.05) is 23.7 Å². The van der Waals surface area contributed by atoms with Crippen LogP contribution in [0.25, 0.3) is 0 Å². The molecule has 0 bridgehead atoms. The van der Waals surface area contributed by atoms with Crippen LogP contribution >= 0.6 is 11.6 Å². The normalized spacial score (nSPS) is 10.3. The van der Waals surface area contributed by atoms with E-state index in [0.717, 1.165) is 11.1 Å². The number of aryl methyl sites for hydroxylation is 1. The highest BCUT2D eigenvalue weighted by molar-refractivity contribution is 6.29. The van der Waals surface area contributed by atoms with Crippen molar-refractivity contribution in [1.82, 2.24) is 9.97 Å². The maximum absolute atomic E-state index is 10.9. The number of ether oxygens (including phenoxy) is 1. The quantitative estimate of drug-likeness (QED) is 0.877. The molecule has 0 aliphatic rings. The van der Waals surface area contributed by atoms with Gasteiger partial charge in [-0.05, 0) is 31.0 Å². The van der Waals surface area contributed by atoms with Crippen molar-refractivity contribution in [1.29, 1.82) is 0 Å². The molecule has 0 aliphatic heterocycles. The lowest BCUT2D eigenvalue weighted by Crippen LogP contribution is -2.08. The van der Waals surface area contributed by atoms with Crippen molar-refractivity contribution in [3.63, 3.8) is 0 Å². The molecule has 2 aromatic rings. The molecule has 20 heavy (non-hydrogen) atoms. The van der Waals surface area contributed by atoms with E-state index in [1.165, 1.54) is 6.07 Å². The number of nitrogens with zero attached hydrogens (tertiary/aromatic N) is 2. The van der Waals surface area contributed by atoms with Gasteiger partial charge < -0.3 is 9.84 Å². The summed E-state index contributed by atoms with van der Waals surface area (Å²) in [7, 11) is 0. The fourth-order valence-electron chi connectivity index (χ4n) is 1.66. The van der Waals surface area contributed by atoms with Crippen LogP contribution in [0.5, 0.6) is 5.75 Å². The second-order valence-corrected chi connectivity index (χ2v) is 4.67. The average molecular weight is 293 g/mol. The van der Waals surface area contributed by atoms with Crippen molar-refractivity contribution in [2.75, 3.05) is 0 Å². The van der Waals surface area contributed by atoms with Gasteiger partial charge in [0.25, 0.3) is 0 Å². The Kier molecular flexibility index (Phi) is 4.20. The van der Waals surface area contributed by atoms with Crippen LogP contribution in [0.2, 0.25) is 5.15 Å². The fourth-order valence-corrected chi connectivity index (χ4v) is 1.86. The van der Waals surface area contributed by atoms with E-state index in [1.807, 2.05) is 32.0 Å². The molecule has 0 atom stereocenters. The lowest BCUT2D eigenvalue weighted by molar-refractivity contribution is 0.0689. The summed E-state index contributed by atoms with van der Waals surface area (Å²) in [5, 5.41) is 8.99. The molecule has 1 heterocycles. The van der Waals surface area contributed by atoms with Crippen molar-refractivity contribution < 1.29 is 14.6 Å². The second kappa shape index (κ2) is 5.88. The molecule has 1 N–H and O–H groups in total. The number of benzene rings is 1. The first-order chi connectivity index (χ1) is 9.47. The summed E-state index contributed by atoms with van der Waals surface area (Å²) >= 11 is 5.76. The monoisotopic (exact) mass is 292 g/mol. The summed E-state index contributed by atoms with van der Waals surface area (Å²) in [6.45, 7) is 4.00. The zero-order valence-corrected chi connectivity index (χ0v) is 11.8. The van der Waals surface area contributed by atoms with Crippen LogP contribution in [0.4, 0.5) is 0 Å². The number of carboxylic acid groups (broad SMARTS) is 1. The molecule has 0 spiro atoms. The van der Waals surface area contributed by atoms with Crippen LogP contribution in [0.3, 0.4) is 0 Å². The van der Waals surface area contributed by atoms with Gasteiger partial charge >= 0.3 is 5.97 Å². The Morgan fingerprint density at radius 2 is 2.10 bits per heavy atom. The number of aromatic carboxylic acids is 1. The first-order valence-electron chi connectivity index (χ1n) is 5.93. The number of halogens is 1. The van der Waals surface area contributed by atoms with Gasteiger partial charge in [-0.25, -0.2) is 14.8 Å². The van der Waals surface area contributed by atoms with E-state index >= 15 is 0 Å². The van der Waals surface area contributed by atoms with Crippen molar-refractivity contribution >= 4 is 17.6 Å². The largest absolute Gasteiger partial charge is 0.485 e. The predicted octanol–water partition coefficient (Wildman–Crippen LogP) is 3.02. The van der Waals surface area contributed by atoms with Crippen LogP contribution in [-0.2, 0) is 6.61 Å². The molecule has 0 saturated heterocycles. The van der Waals surface area contributed by atoms with E-state index in [4.69, 9.17) is 21.4 Å². The van der Waals surface area contributed by atoms with Crippen LogP contribution in [0.1, 0.15) is 27.4 Å². The molecule has 6 heteroatoms. The molecule has 0 radical (unpaired) electrons. The molecule has 0 aliphatic carbocycles. The Labute approximate surface area is 121 Å². The van der Waals surface area contributed by atoms with E-state index in [-0.39, 0.29) is 23.3 Å². The lowest BCUT2D eigenvalue weighted by Gasteiger charge is -2.10. The van der Waals surface area contributed by atoms with E-state index < -0.39 is 5.97 Å². The summed E-state index contributed by atoms with van der Waals surface area (Å²) in [4.78, 5) is 18.7. The van der Waals surface area contributed by atoms with E-state index in [2.05, 4.69) is 9.97 Å². The zero-order chi connectivity index (χ0) is 14.7. The minimum Gasteiger partial charge on any atom is -0.485 e. The molecule has 0 fully saturated rings. The van der Waals surface area contributed by atoms with Gasteiger partial charge in [-0.2, -0.15) is 0 Å². The maximum atomic E-state index is 10.9. The first kappa shape index (κ1) is 14.3. The topological polar surface area (TPSA) is 72.3 Å². The van der Waals surface area contributed by atoms with Gasteiger partial charge in [-0.15, -0.1) is 0 Å². The second-order valence-electron chi connectivity index (χ2n) is 4.28. The predicted molar refractivity (Wildman–Crippen MR) is 74.2 cm³/mol. The van der Waals surface area contributed by atoms with Crippen LogP contribution in [0.15, 0.2) is 24.3 Å². The smallest absolute Gasteiger partial charge is 0.354 e. The Morgan fingerprint density at radius 3 is 2.80 bits per heavy atom. The number of carboxylic acids is 1. The first-order valence-corrected chi connectivity index (χ1v) is 6.31. The molecule has 2 rings (SSSR count). The molecule has 1 aromatic heterocycles. The van der Waals surface area contributed by atoms with Gasteiger partial charge in [0.2, 0.25) is 0 Å². The minimum absolute atomic E-state index is 0.0606. The highest BCUT2D eigenvalue weighted by Crippen LogP contribution is 2.21. The molecule has 0 saturated carbocycles. The highest BCUT2D eigenvalue weighted by Gasteiger charge is 2.10. The van der Waals surface area contributed by atoms with Gasteiger partial charge in [0.1, 0.15) is 17.5 Å². The van der Waals surface area contributed by atoms with Gasteiger partial charge in [0.15, 0.2) is 11.5 Å². The third kappa shape index (κ3) is 3.24. The third-order valence-electron chi connectivity index (χ3n) is 2.87. The summed E-state index contributed by atoms with van der Waals surface area (Å²) in [6.07, 6.45) is 0. The summed E-state index contributed by atoms with van der Waals surface area (Å²) in [5.74, 6) is -0.205. The Morgan fingerprint density at radius 1 is 1.35 bits per heavy atom. The summed E-state index contributed by atoms with van der Waals surface area (Å²) in [6, 6.07) is 6.91. The molecule has 5 nitrogen and oxygen atoms in total. The molecule has 1 aromatic carbocycles. The van der Waals surface area contributed by atoms with Crippen molar-refractivity contribution in [3.05, 3.63) is 52.1 Å². The van der Waals surface area contributed by atoms with E-state index in [0.29, 0.717) is 5.75 Å². The standard InChI is InChI=1S/C14H13ClN2O3/c1-8-4-3-5-11(9(8)2)20-7-13-16-10(14(18)19)6-12(15)17-13/h3-6H,7H2,1-2H3,(H,18,19). The average Bonchev–Trinajstić information content (AvgIpc) is 2.40. The Balaban J connectivity index is 2.19. The van der Waals surface area contributed by atoms with E-state index in [1.54, 1.807) is 0 Å². The third-order valence-corrected chi connectivity index (χ3v) is 3.07. The number of carbonyl (C=O) groups is 1. The minimum atomic E-state index is -1.15. The number of hydrogen-bond donors (Lipinski definition) is 1. The molecular weight excluding hydrogens is 280 g/mol. The lowest BCUT2D eigenvalue weighted by atomic mass is 10.1. The van der Waals surface area contributed by atoms with Crippen molar-refractivity contribution in [2.45, 2.75) is 20.5 Å². The summed E-state index contributed by atoms with van der Waals surface area (Å²) in [5.41, 5.74) is 1.98. The number of aromatic nitrogens is 2. The highest BCUT2D eigenvalue weighted by atomic mass is 35.5. The van der Waals surface area contributed by atoms with Gasteiger partial charge in [-0.3, -0.25) is 0 Å².